The normalized spacial score (nSPS) is 10.8. The van der Waals surface area contributed by atoms with Crippen LogP contribution in [0.1, 0.15) is 18.1 Å². The smallest absolute Gasteiger partial charge is 0.122 e. The maximum atomic E-state index is 8.89. The van der Waals surface area contributed by atoms with Crippen LogP contribution in [0.15, 0.2) is 18.2 Å². The van der Waals surface area contributed by atoms with Crippen LogP contribution in [-0.2, 0) is 6.42 Å². The van der Waals surface area contributed by atoms with E-state index in [0.717, 1.165) is 18.7 Å². The summed E-state index contributed by atoms with van der Waals surface area (Å²) in [5, 5.41) is 8.89. The van der Waals surface area contributed by atoms with Crippen LogP contribution >= 0.6 is 0 Å². The summed E-state index contributed by atoms with van der Waals surface area (Å²) < 4.78 is 5.49. The molecule has 0 saturated carbocycles. The van der Waals surface area contributed by atoms with Gasteiger partial charge in [-0.15, -0.1) is 0 Å². The Bertz CT molecular complexity index is 326. The maximum Gasteiger partial charge on any atom is 0.122 e. The minimum absolute atomic E-state index is 0.107. The van der Waals surface area contributed by atoms with Gasteiger partial charge < -0.3 is 9.84 Å². The summed E-state index contributed by atoms with van der Waals surface area (Å²) >= 11 is 0. The third-order valence-electron chi connectivity index (χ3n) is 2.56. The van der Waals surface area contributed by atoms with E-state index < -0.39 is 0 Å². The Balaban J connectivity index is 2.59. The van der Waals surface area contributed by atoms with E-state index in [1.54, 1.807) is 0 Å². The van der Waals surface area contributed by atoms with E-state index in [1.165, 1.54) is 11.1 Å². The van der Waals surface area contributed by atoms with Gasteiger partial charge in [0.05, 0.1) is 13.3 Å². The lowest BCUT2D eigenvalue weighted by Gasteiger charge is -2.13. The fourth-order valence-corrected chi connectivity index (χ4v) is 1.58. The second kappa shape index (κ2) is 6.51. The lowest BCUT2D eigenvalue weighted by atomic mass is 10.1. The van der Waals surface area contributed by atoms with Gasteiger partial charge in [0.1, 0.15) is 5.75 Å². The van der Waals surface area contributed by atoms with Gasteiger partial charge in [0, 0.05) is 6.54 Å². The maximum absolute atomic E-state index is 8.89. The highest BCUT2D eigenvalue weighted by Gasteiger charge is 2.02. The number of likely N-dealkylation sites (N-methyl/N-ethyl adjacent to an activating group) is 1. The average molecular weight is 223 g/mol. The lowest BCUT2D eigenvalue weighted by molar-refractivity contribution is 0.134. The van der Waals surface area contributed by atoms with Crippen LogP contribution in [0.2, 0.25) is 0 Å². The lowest BCUT2D eigenvalue weighted by Crippen LogP contribution is -2.21. The second-order valence-electron chi connectivity index (χ2n) is 4.00. The molecule has 1 aromatic carbocycles. The molecule has 0 spiro atoms. The number of ether oxygens (including phenoxy) is 1. The van der Waals surface area contributed by atoms with E-state index in [-0.39, 0.29) is 6.73 Å². The molecule has 1 N–H and O–H groups in total. The summed E-state index contributed by atoms with van der Waals surface area (Å²) in [5.74, 6) is 0.960. The molecule has 0 fully saturated rings. The van der Waals surface area contributed by atoms with Crippen molar-refractivity contribution in [1.82, 2.24) is 4.90 Å². The van der Waals surface area contributed by atoms with Crippen LogP contribution in [0, 0.1) is 6.92 Å². The van der Waals surface area contributed by atoms with Gasteiger partial charge in [0.15, 0.2) is 0 Å². The Labute approximate surface area is 97.7 Å². The predicted octanol–water partition coefficient (Wildman–Crippen LogP) is 1.82. The Morgan fingerprint density at radius 3 is 2.69 bits per heavy atom. The number of aryl methyl sites for hydroxylation is 1. The van der Waals surface area contributed by atoms with Crippen molar-refractivity contribution in [1.29, 1.82) is 0 Å². The molecular formula is C13H21NO2. The molecule has 0 aliphatic rings. The predicted molar refractivity (Wildman–Crippen MR) is 65.8 cm³/mol. The third kappa shape index (κ3) is 3.83. The number of benzene rings is 1. The first-order chi connectivity index (χ1) is 7.67. The van der Waals surface area contributed by atoms with E-state index in [2.05, 4.69) is 19.1 Å². The summed E-state index contributed by atoms with van der Waals surface area (Å²) in [6, 6.07) is 6.26. The number of hydrogen-bond acceptors (Lipinski definition) is 3. The van der Waals surface area contributed by atoms with Crippen molar-refractivity contribution in [2.24, 2.45) is 0 Å². The molecule has 0 saturated heterocycles. The highest BCUT2D eigenvalue weighted by Crippen LogP contribution is 2.19. The Hall–Kier alpha value is -1.06. The largest absolute Gasteiger partial charge is 0.494 e. The summed E-state index contributed by atoms with van der Waals surface area (Å²) in [7, 11) is 1.90. The zero-order valence-corrected chi connectivity index (χ0v) is 10.4. The van der Waals surface area contributed by atoms with Crippen molar-refractivity contribution >= 4 is 0 Å². The zero-order chi connectivity index (χ0) is 12.0. The van der Waals surface area contributed by atoms with Gasteiger partial charge in [-0.2, -0.15) is 0 Å². The van der Waals surface area contributed by atoms with Crippen molar-refractivity contribution in [3.8, 4) is 5.75 Å². The van der Waals surface area contributed by atoms with Crippen molar-refractivity contribution in [2.75, 3.05) is 26.9 Å². The van der Waals surface area contributed by atoms with Crippen molar-refractivity contribution in [3.63, 3.8) is 0 Å². The first-order valence-corrected chi connectivity index (χ1v) is 5.69. The Morgan fingerprint density at radius 1 is 1.38 bits per heavy atom. The molecule has 0 bridgehead atoms. The molecule has 1 rings (SSSR count). The van der Waals surface area contributed by atoms with Crippen LogP contribution < -0.4 is 4.74 Å². The molecule has 0 unspecified atom stereocenters. The zero-order valence-electron chi connectivity index (χ0n) is 10.4. The number of aliphatic hydroxyl groups is 1. The van der Waals surface area contributed by atoms with Gasteiger partial charge in [-0.05, 0) is 44.5 Å². The minimum Gasteiger partial charge on any atom is -0.494 e. The van der Waals surface area contributed by atoms with Crippen LogP contribution in [0.3, 0.4) is 0 Å². The monoisotopic (exact) mass is 223 g/mol. The number of aliphatic hydroxyl groups excluding tert-OH is 1. The number of hydrogen-bond donors (Lipinski definition) is 1. The summed E-state index contributed by atoms with van der Waals surface area (Å²) in [6.07, 6.45) is 0.949. The van der Waals surface area contributed by atoms with Crippen LogP contribution in [0.4, 0.5) is 0 Å². The van der Waals surface area contributed by atoms with Crippen molar-refractivity contribution in [3.05, 3.63) is 29.3 Å². The fourth-order valence-electron chi connectivity index (χ4n) is 1.58. The molecule has 0 atom stereocenters. The SMILES string of the molecule is CCOc1ccc(CCN(C)CO)cc1C. The number of nitrogens with zero attached hydrogens (tertiary/aromatic N) is 1. The van der Waals surface area contributed by atoms with Gasteiger partial charge in [-0.25, -0.2) is 0 Å². The van der Waals surface area contributed by atoms with Gasteiger partial charge >= 0.3 is 0 Å². The number of rotatable bonds is 6. The molecule has 0 heterocycles. The molecule has 0 amide bonds. The Morgan fingerprint density at radius 2 is 2.12 bits per heavy atom. The molecule has 3 nitrogen and oxygen atoms in total. The highest BCUT2D eigenvalue weighted by atomic mass is 16.5. The average Bonchev–Trinajstić information content (AvgIpc) is 2.29. The van der Waals surface area contributed by atoms with Gasteiger partial charge in [0.2, 0.25) is 0 Å². The molecule has 0 aliphatic carbocycles. The van der Waals surface area contributed by atoms with Gasteiger partial charge in [-0.3, -0.25) is 4.90 Å². The van der Waals surface area contributed by atoms with Crippen LogP contribution in [0.25, 0.3) is 0 Å². The van der Waals surface area contributed by atoms with E-state index in [0.29, 0.717) is 6.61 Å². The van der Waals surface area contributed by atoms with Gasteiger partial charge in [0.25, 0.3) is 0 Å². The first-order valence-electron chi connectivity index (χ1n) is 5.69. The minimum atomic E-state index is 0.107. The summed E-state index contributed by atoms with van der Waals surface area (Å²) in [5.41, 5.74) is 2.45. The molecule has 16 heavy (non-hydrogen) atoms. The van der Waals surface area contributed by atoms with Crippen molar-refractivity contribution < 1.29 is 9.84 Å². The van der Waals surface area contributed by atoms with E-state index >= 15 is 0 Å². The second-order valence-corrected chi connectivity index (χ2v) is 4.00. The van der Waals surface area contributed by atoms with Gasteiger partial charge in [-0.1, -0.05) is 12.1 Å². The quantitative estimate of drug-likeness (QED) is 0.747. The van der Waals surface area contributed by atoms with Crippen LogP contribution in [0.5, 0.6) is 5.75 Å². The third-order valence-corrected chi connectivity index (χ3v) is 2.56. The fraction of sp³-hybridized carbons (Fsp3) is 0.538. The standard InChI is InChI=1S/C13H21NO2/c1-4-16-13-6-5-12(9-11(13)2)7-8-14(3)10-15/h5-6,9,15H,4,7-8,10H2,1-3H3. The van der Waals surface area contributed by atoms with Crippen LogP contribution in [-0.4, -0.2) is 36.9 Å². The Kier molecular flexibility index (Phi) is 5.29. The van der Waals surface area contributed by atoms with Crippen molar-refractivity contribution in [2.45, 2.75) is 20.3 Å². The molecule has 90 valence electrons. The topological polar surface area (TPSA) is 32.7 Å². The van der Waals surface area contributed by atoms with E-state index in [1.807, 2.05) is 24.9 Å². The highest BCUT2D eigenvalue weighted by molar-refractivity contribution is 5.36. The van der Waals surface area contributed by atoms with E-state index in [9.17, 15) is 0 Å². The summed E-state index contributed by atoms with van der Waals surface area (Å²) in [6.45, 7) is 5.72. The first kappa shape index (κ1) is 13.0. The molecule has 3 heteroatoms. The molecule has 0 radical (unpaired) electrons. The van der Waals surface area contributed by atoms with E-state index in [4.69, 9.17) is 9.84 Å². The summed E-state index contributed by atoms with van der Waals surface area (Å²) in [4.78, 5) is 1.88. The molecule has 0 aromatic heterocycles. The molecule has 0 aliphatic heterocycles. The molecule has 1 aromatic rings. The molecular weight excluding hydrogens is 202 g/mol.